The van der Waals surface area contributed by atoms with Crippen LogP contribution in [0.5, 0.6) is 5.75 Å². The molecule has 0 N–H and O–H groups in total. The van der Waals surface area contributed by atoms with E-state index < -0.39 is 17.2 Å². The van der Waals surface area contributed by atoms with Gasteiger partial charge in [-0.1, -0.05) is 30.3 Å². The fourth-order valence-corrected chi connectivity index (χ4v) is 2.06. The molecule has 0 radical (unpaired) electrons. The van der Waals surface area contributed by atoms with Crippen LogP contribution in [0.1, 0.15) is 15.9 Å². The van der Waals surface area contributed by atoms with Gasteiger partial charge in [0.1, 0.15) is 17.9 Å². The van der Waals surface area contributed by atoms with Crippen molar-refractivity contribution in [2.45, 2.75) is 6.61 Å². The molecular weight excluding hydrogens is 284 g/mol. The lowest BCUT2D eigenvalue weighted by Crippen LogP contribution is -2.28. The first kappa shape index (κ1) is 13.9. The first-order chi connectivity index (χ1) is 10.6. The average Bonchev–Trinajstić information content (AvgIpc) is 2.52. The quantitative estimate of drug-likeness (QED) is 0.685. The van der Waals surface area contributed by atoms with Gasteiger partial charge in [0.05, 0.1) is 11.5 Å². The predicted octanol–water partition coefficient (Wildman–Crippen LogP) is 1.74. The Morgan fingerprint density at radius 1 is 1.09 bits per heavy atom. The van der Waals surface area contributed by atoms with Crippen molar-refractivity contribution in [1.29, 1.82) is 0 Å². The van der Waals surface area contributed by atoms with E-state index in [0.717, 1.165) is 5.56 Å². The van der Waals surface area contributed by atoms with Gasteiger partial charge in [-0.3, -0.25) is 0 Å². The maximum Gasteiger partial charge on any atom is 0.345 e. The van der Waals surface area contributed by atoms with Gasteiger partial charge in [0.2, 0.25) is 0 Å². The number of hydrogen-bond acceptors (Lipinski definition) is 5. The molecule has 22 heavy (non-hydrogen) atoms. The summed E-state index contributed by atoms with van der Waals surface area (Å²) in [6.45, 7) is 0.383. The minimum atomic E-state index is -1.56. The molecule has 0 atom stereocenters. The second-order valence-corrected chi connectivity index (χ2v) is 4.71. The highest BCUT2D eigenvalue weighted by molar-refractivity contribution is 5.90. The Balaban J connectivity index is 1.88. The fourth-order valence-electron chi connectivity index (χ4n) is 2.06. The molecular formula is C17H11O5-. The summed E-state index contributed by atoms with van der Waals surface area (Å²) in [6.07, 6.45) is 0. The number of hydrogen-bond donors (Lipinski definition) is 0. The smallest absolute Gasteiger partial charge is 0.345 e. The molecule has 2 aromatic carbocycles. The van der Waals surface area contributed by atoms with Crippen molar-refractivity contribution in [2.24, 2.45) is 0 Å². The van der Waals surface area contributed by atoms with E-state index in [-0.39, 0.29) is 5.58 Å². The molecule has 3 aromatic rings. The Hall–Kier alpha value is -3.08. The zero-order chi connectivity index (χ0) is 15.5. The number of rotatable bonds is 4. The fraction of sp³-hybridized carbons (Fsp3) is 0.0588. The number of carbonyl (C=O) groups excluding carboxylic acids is 1. The van der Waals surface area contributed by atoms with Crippen LogP contribution in [0.4, 0.5) is 0 Å². The third-order valence-electron chi connectivity index (χ3n) is 3.18. The van der Waals surface area contributed by atoms with Gasteiger partial charge in [-0.05, 0) is 23.8 Å². The number of fused-ring (bicyclic) bond motifs is 1. The number of aromatic carboxylic acids is 1. The number of carboxylic acid groups (broad SMARTS) is 1. The summed E-state index contributed by atoms with van der Waals surface area (Å²) in [4.78, 5) is 22.3. The molecule has 0 saturated heterocycles. The predicted molar refractivity (Wildman–Crippen MR) is 77.6 cm³/mol. The zero-order valence-electron chi connectivity index (χ0n) is 11.4. The topological polar surface area (TPSA) is 79.6 Å². The molecule has 5 nitrogen and oxygen atoms in total. The van der Waals surface area contributed by atoms with E-state index in [9.17, 15) is 14.7 Å². The highest BCUT2D eigenvalue weighted by Crippen LogP contribution is 2.21. The van der Waals surface area contributed by atoms with Crippen LogP contribution in [-0.4, -0.2) is 5.97 Å². The summed E-state index contributed by atoms with van der Waals surface area (Å²) < 4.78 is 10.6. The van der Waals surface area contributed by atoms with Crippen molar-refractivity contribution in [3.05, 3.63) is 76.1 Å². The molecule has 0 aliphatic heterocycles. The normalized spacial score (nSPS) is 10.5. The average molecular weight is 295 g/mol. The van der Waals surface area contributed by atoms with Crippen LogP contribution >= 0.6 is 0 Å². The lowest BCUT2D eigenvalue weighted by molar-refractivity contribution is -0.255. The van der Waals surface area contributed by atoms with Crippen LogP contribution in [-0.2, 0) is 6.61 Å². The molecule has 0 unspecified atom stereocenters. The Kier molecular flexibility index (Phi) is 3.62. The molecule has 1 heterocycles. The molecule has 1 aromatic heterocycles. The molecule has 0 saturated carbocycles. The van der Waals surface area contributed by atoms with E-state index in [4.69, 9.17) is 9.15 Å². The van der Waals surface area contributed by atoms with Crippen molar-refractivity contribution >= 4 is 16.9 Å². The maximum absolute atomic E-state index is 11.5. The number of carbonyl (C=O) groups is 1. The standard InChI is InChI=1S/C17H12O5/c18-16(19)14-8-12-6-7-13(9-15(12)22-17(14)20)21-10-11-4-2-1-3-5-11/h1-9H,10H2,(H,18,19)/p-1. The van der Waals surface area contributed by atoms with Crippen LogP contribution in [0.3, 0.4) is 0 Å². The van der Waals surface area contributed by atoms with E-state index in [1.54, 1.807) is 18.2 Å². The lowest BCUT2D eigenvalue weighted by atomic mass is 10.2. The first-order valence-corrected chi connectivity index (χ1v) is 6.59. The molecule has 110 valence electrons. The van der Waals surface area contributed by atoms with Crippen molar-refractivity contribution in [2.75, 3.05) is 0 Å². The number of benzene rings is 2. The van der Waals surface area contributed by atoms with Crippen molar-refractivity contribution in [3.8, 4) is 5.75 Å². The Morgan fingerprint density at radius 3 is 2.59 bits per heavy atom. The van der Waals surface area contributed by atoms with Gasteiger partial charge < -0.3 is 19.1 Å². The molecule has 0 aliphatic rings. The summed E-state index contributed by atoms with van der Waals surface area (Å²) in [5.74, 6) is -1.03. The largest absolute Gasteiger partial charge is 0.545 e. The monoisotopic (exact) mass is 295 g/mol. The van der Waals surface area contributed by atoms with Gasteiger partial charge in [-0.2, -0.15) is 0 Å². The third-order valence-corrected chi connectivity index (χ3v) is 3.18. The second kappa shape index (κ2) is 5.73. The van der Waals surface area contributed by atoms with Crippen LogP contribution in [0.25, 0.3) is 11.0 Å². The molecule has 0 amide bonds. The summed E-state index contributed by atoms with van der Waals surface area (Å²) in [5.41, 5.74) is -0.157. The number of ether oxygens (including phenoxy) is 1. The molecule has 5 heteroatoms. The molecule has 0 bridgehead atoms. The SMILES string of the molecule is O=C([O-])c1cc2ccc(OCc3ccccc3)cc2oc1=O. The summed E-state index contributed by atoms with van der Waals surface area (Å²) in [7, 11) is 0. The Bertz CT molecular complexity index is 880. The maximum atomic E-state index is 11.5. The van der Waals surface area contributed by atoms with Crippen LogP contribution in [0, 0.1) is 0 Å². The van der Waals surface area contributed by atoms with Gasteiger partial charge in [0, 0.05) is 11.5 Å². The van der Waals surface area contributed by atoms with E-state index >= 15 is 0 Å². The van der Waals surface area contributed by atoms with Gasteiger partial charge in [-0.15, -0.1) is 0 Å². The minimum Gasteiger partial charge on any atom is -0.545 e. The molecule has 0 spiro atoms. The van der Waals surface area contributed by atoms with E-state index in [1.807, 2.05) is 30.3 Å². The first-order valence-electron chi connectivity index (χ1n) is 6.59. The van der Waals surface area contributed by atoms with Crippen molar-refractivity contribution in [3.63, 3.8) is 0 Å². The van der Waals surface area contributed by atoms with Gasteiger partial charge in [0.15, 0.2) is 0 Å². The lowest BCUT2D eigenvalue weighted by Gasteiger charge is -2.08. The van der Waals surface area contributed by atoms with E-state index in [1.165, 1.54) is 6.07 Å². The summed E-state index contributed by atoms with van der Waals surface area (Å²) in [5, 5.41) is 11.3. The highest BCUT2D eigenvalue weighted by atomic mass is 16.5. The van der Waals surface area contributed by atoms with Crippen LogP contribution in [0.15, 0.2) is 63.8 Å². The highest BCUT2D eigenvalue weighted by Gasteiger charge is 2.07. The molecule has 0 fully saturated rings. The van der Waals surface area contributed by atoms with Gasteiger partial charge in [-0.25, -0.2) is 4.79 Å². The summed E-state index contributed by atoms with van der Waals surface area (Å²) >= 11 is 0. The Labute approximate surface area is 125 Å². The van der Waals surface area contributed by atoms with E-state index in [2.05, 4.69) is 0 Å². The van der Waals surface area contributed by atoms with Gasteiger partial charge >= 0.3 is 5.63 Å². The second-order valence-electron chi connectivity index (χ2n) is 4.71. The third kappa shape index (κ3) is 2.83. The van der Waals surface area contributed by atoms with Crippen LogP contribution in [0.2, 0.25) is 0 Å². The number of carboxylic acids is 1. The molecule has 0 aliphatic carbocycles. The van der Waals surface area contributed by atoms with E-state index in [0.29, 0.717) is 17.7 Å². The van der Waals surface area contributed by atoms with Crippen molar-refractivity contribution in [1.82, 2.24) is 0 Å². The van der Waals surface area contributed by atoms with Gasteiger partial charge in [0.25, 0.3) is 0 Å². The zero-order valence-corrected chi connectivity index (χ0v) is 11.4. The summed E-state index contributed by atoms with van der Waals surface area (Å²) in [6, 6.07) is 15.7. The molecule has 3 rings (SSSR count). The van der Waals surface area contributed by atoms with Crippen LogP contribution < -0.4 is 15.5 Å². The van der Waals surface area contributed by atoms with Crippen molar-refractivity contribution < 1.29 is 19.1 Å². The minimum absolute atomic E-state index is 0.264. The Morgan fingerprint density at radius 2 is 1.86 bits per heavy atom.